The fraction of sp³-hybridized carbons (Fsp3) is 1.00. The Morgan fingerprint density at radius 3 is 0.875 bits per heavy atom. The summed E-state index contributed by atoms with van der Waals surface area (Å²) in [5.41, 5.74) is 0. The molecule has 0 unspecified atom stereocenters. The first kappa shape index (κ1) is 89.4. The predicted octanol–water partition coefficient (Wildman–Crippen LogP) is 16.1. The minimum Gasteiger partial charge on any atom is -0.437 e. The van der Waals surface area contributed by atoms with Gasteiger partial charge in [-0.15, -0.1) is 0 Å². The van der Waals surface area contributed by atoms with E-state index >= 15 is 0 Å². The number of nitrogens with zero attached hydrogens (tertiary/aromatic N) is 2. The Kier molecular flexibility index (Phi) is 56.7. The molecule has 0 radical (unpaired) electrons. The number of unbranched alkanes of at least 4 members (excludes halogenated alkanes) is 6. The Morgan fingerprint density at radius 1 is 0.403 bits per heavy atom. The summed E-state index contributed by atoms with van der Waals surface area (Å²) in [5.74, 6) is 0. The quantitative estimate of drug-likeness (QED) is 0.0356. The molecule has 22 heteroatoms. The van der Waals surface area contributed by atoms with Crippen LogP contribution in [0.1, 0.15) is 161 Å². The highest BCUT2D eigenvalue weighted by atomic mass is 32.3. The normalized spacial score (nSPS) is 12.6. The molecule has 0 aliphatic rings. The number of rotatable bonds is 37. The molecule has 0 heterocycles. The zero-order chi connectivity index (χ0) is 54.0. The van der Waals surface area contributed by atoms with E-state index in [1.54, 1.807) is 0 Å². The van der Waals surface area contributed by atoms with E-state index in [0.29, 0.717) is 0 Å². The maximum Gasteiger partial charge on any atom is 0.399 e. The van der Waals surface area contributed by atoms with E-state index in [9.17, 15) is 16.8 Å². The molecule has 0 rings (SSSR count). The van der Waals surface area contributed by atoms with E-state index in [4.69, 9.17) is 21.0 Å². The van der Waals surface area contributed by atoms with E-state index in [0.717, 1.165) is 21.3 Å². The molecule has 0 aliphatic heterocycles. The van der Waals surface area contributed by atoms with Gasteiger partial charge in [0.15, 0.2) is 33.3 Å². The average molecular weight is 1190 g/mol. The Morgan fingerprint density at radius 2 is 0.639 bits per heavy atom. The number of quaternary nitrogens is 1. The van der Waals surface area contributed by atoms with Gasteiger partial charge in [0, 0.05) is 0 Å². The highest BCUT2D eigenvalue weighted by molar-refractivity contribution is 7.81. The van der Waals surface area contributed by atoms with Gasteiger partial charge in [0.25, 0.3) is 0 Å². The smallest absolute Gasteiger partial charge is 0.399 e. The Bertz CT molecular complexity index is 1420. The van der Waals surface area contributed by atoms with Gasteiger partial charge in [0.1, 0.15) is 0 Å². The van der Waals surface area contributed by atoms with E-state index in [2.05, 4.69) is 145 Å². The molecule has 0 saturated carbocycles. The molecule has 72 heavy (non-hydrogen) atoms. The maximum absolute atomic E-state index is 9.92. The molecule has 0 bridgehead atoms. The van der Waals surface area contributed by atoms with Crippen molar-refractivity contribution in [2.75, 3.05) is 67.6 Å². The zero-order valence-corrected chi connectivity index (χ0v) is 56.3. The summed E-state index contributed by atoms with van der Waals surface area (Å²) < 4.78 is 85.4. The second kappa shape index (κ2) is 45.6. The van der Waals surface area contributed by atoms with Crippen LogP contribution in [0.3, 0.4) is 0 Å². The number of hydrogen-bond donors (Lipinski definition) is 1. The predicted molar refractivity (Wildman–Crippen MR) is 333 cm³/mol. The van der Waals surface area contributed by atoms with Crippen LogP contribution >= 0.6 is 0 Å². The van der Waals surface area contributed by atoms with Crippen molar-refractivity contribution in [3.63, 3.8) is 0 Å². The molecule has 0 aromatic carbocycles. The zero-order valence-electron chi connectivity index (χ0n) is 48.6. The fourth-order valence-corrected chi connectivity index (χ4v) is 36.9. The Labute approximate surface area is 459 Å². The van der Waals surface area contributed by atoms with E-state index < -0.39 is 71.2 Å². The van der Waals surface area contributed by atoms with Crippen molar-refractivity contribution in [2.45, 2.75) is 264 Å². The van der Waals surface area contributed by atoms with Crippen LogP contribution in [0.2, 0.25) is 103 Å². The first-order valence-electron chi connectivity index (χ1n) is 26.2. The molecule has 0 atom stereocenters. The minimum atomic E-state index is -4.16. The summed E-state index contributed by atoms with van der Waals surface area (Å²) in [4.78, 5) is 2.68. The number of hydrogen-bond acceptors (Lipinski definition) is 12. The molecule has 14 nitrogen and oxygen atoms in total. The van der Waals surface area contributed by atoms with Gasteiger partial charge in [-0.05, 0) is 161 Å². The highest BCUT2D eigenvalue weighted by Gasteiger charge is 2.40. The van der Waals surface area contributed by atoms with Crippen LogP contribution in [0.5, 0.6) is 0 Å². The second-order valence-electron chi connectivity index (χ2n) is 22.0. The van der Waals surface area contributed by atoms with Gasteiger partial charge >= 0.3 is 37.9 Å². The molecular formula is C50H131N2O12S2Si6+. The lowest BCUT2D eigenvalue weighted by Crippen LogP contribution is -2.52. The van der Waals surface area contributed by atoms with Crippen LogP contribution in [0.15, 0.2) is 0 Å². The first-order valence-corrected chi connectivity index (χ1v) is 47.0. The highest BCUT2D eigenvalue weighted by Crippen LogP contribution is 2.28. The summed E-state index contributed by atoms with van der Waals surface area (Å²) >= 11 is 0. The Hall–Kier alpha value is 0.801. The summed E-state index contributed by atoms with van der Waals surface area (Å²) in [5, 5.41) is 0. The molecule has 1 N–H and O–H groups in total. The molecule has 0 saturated heterocycles. The van der Waals surface area contributed by atoms with Crippen molar-refractivity contribution in [3.8, 4) is 0 Å². The first-order chi connectivity index (χ1) is 31.0. The summed E-state index contributed by atoms with van der Waals surface area (Å²) in [6.45, 7) is 49.7. The molecule has 0 spiro atoms. The monoisotopic (exact) mass is 1180 g/mol. The lowest BCUT2D eigenvalue weighted by atomic mass is 10.2. The van der Waals surface area contributed by atoms with E-state index in [-0.39, 0.29) is 29.7 Å². The van der Waals surface area contributed by atoms with Crippen molar-refractivity contribution in [2.24, 2.45) is 0 Å². The fourth-order valence-electron chi connectivity index (χ4n) is 8.31. The third-order valence-electron chi connectivity index (χ3n) is 11.5. The second-order valence-corrected chi connectivity index (χ2v) is 49.7. The molecule has 0 amide bonds. The Balaban J connectivity index is -0.000000145. The van der Waals surface area contributed by atoms with Crippen LogP contribution in [0.4, 0.5) is 0 Å². The molecule has 0 aromatic rings. The molecule has 0 fully saturated rings. The summed E-state index contributed by atoms with van der Waals surface area (Å²) in [7, 11) is -13.0. The lowest BCUT2D eigenvalue weighted by molar-refractivity contribution is -0.910. The van der Waals surface area contributed by atoms with Crippen molar-refractivity contribution >= 4 is 71.2 Å². The van der Waals surface area contributed by atoms with Crippen LogP contribution in [0, 0.1) is 0 Å². The van der Waals surface area contributed by atoms with Crippen LogP contribution in [-0.2, 0) is 49.8 Å². The van der Waals surface area contributed by atoms with Gasteiger partial charge in [0.05, 0.1) is 48.0 Å². The van der Waals surface area contributed by atoms with Gasteiger partial charge in [-0.3, -0.25) is 17.1 Å². The third kappa shape index (κ3) is 58.5. The summed E-state index contributed by atoms with van der Waals surface area (Å²) in [6, 6.07) is 5.03. The van der Waals surface area contributed by atoms with Crippen molar-refractivity contribution in [1.82, 2.24) is 4.90 Å². The van der Waals surface area contributed by atoms with Crippen molar-refractivity contribution in [1.29, 1.82) is 0 Å². The van der Waals surface area contributed by atoms with Gasteiger partial charge in [-0.1, -0.05) is 123 Å². The molecule has 0 aromatic heterocycles. The topological polar surface area (TPSA) is 156 Å². The van der Waals surface area contributed by atoms with Crippen LogP contribution in [-0.4, -0.2) is 149 Å². The van der Waals surface area contributed by atoms with Crippen LogP contribution < -0.4 is 0 Å². The molecule has 448 valence electrons. The molecule has 0 aliphatic carbocycles. The van der Waals surface area contributed by atoms with Crippen LogP contribution in [0.25, 0.3) is 0 Å². The average Bonchev–Trinajstić information content (AvgIpc) is 3.20. The summed E-state index contributed by atoms with van der Waals surface area (Å²) in [6.07, 6.45) is 18.2. The minimum absolute atomic E-state index is 0. The lowest BCUT2D eigenvalue weighted by Gasteiger charge is -2.39. The van der Waals surface area contributed by atoms with Crippen molar-refractivity contribution in [3.05, 3.63) is 0 Å². The third-order valence-corrected chi connectivity index (χ3v) is 35.6. The van der Waals surface area contributed by atoms with Gasteiger partial charge in [0.2, 0.25) is 0 Å². The SMILES string of the molecule is C.C.C.C.CCCCN(CCCC)CCC[Si](C)(C)O[Si](C)(C)O[Si](C)(C)CCCC.CCCC[N+](C)(CCCC)CCC[Si](C)(C)O[Si](C)(C)O[Si](C)(C)CCCC.COS(=O)(=O)O.COS(=O)(=O)OC. The van der Waals surface area contributed by atoms with Gasteiger partial charge < -0.3 is 25.8 Å². The van der Waals surface area contributed by atoms with E-state index in [1.807, 2.05) is 0 Å². The van der Waals surface area contributed by atoms with Gasteiger partial charge in [-0.25, -0.2) is 0 Å². The maximum atomic E-state index is 9.92. The van der Waals surface area contributed by atoms with Gasteiger partial charge in [-0.2, -0.15) is 16.8 Å². The largest absolute Gasteiger partial charge is 0.437 e. The standard InChI is InChI=1S/C22H54NO2Si3.C21H51NO2Si3.C2H6O4S.CH4O4S.4CH4/c1-11-14-18-23(4,19-15-12-2)20-17-22-27(7,8)25-28(9,10)24-26(5,6)21-16-13-3;1-10-13-17-22(18-14-11-2)19-16-21-26(6,7)24-27(8,9)23-25(4,5)20-15-12-3;1-5-7(3,4)6-2;1-5-6(2,3)4;;;;/h11-22H2,1-10H3;10-21H2,1-9H3;1-2H3;1H3,(H,2,3,4);4*1H4/q+1;;;;;;;. The van der Waals surface area contributed by atoms with E-state index in [1.165, 1.54) is 158 Å². The van der Waals surface area contributed by atoms with Crippen molar-refractivity contribution < 1.29 is 54.9 Å². The molecular weight excluding hydrogens is 1050 g/mol.